The van der Waals surface area contributed by atoms with Crippen LogP contribution in [0.1, 0.15) is 50.9 Å². The van der Waals surface area contributed by atoms with E-state index in [1.165, 1.54) is 4.90 Å². The quantitative estimate of drug-likeness (QED) is 0.372. The van der Waals surface area contributed by atoms with Crippen LogP contribution in [0, 0.1) is 23.7 Å². The molecule has 186 valence electrons. The summed E-state index contributed by atoms with van der Waals surface area (Å²) >= 11 is 0. The van der Waals surface area contributed by atoms with E-state index >= 15 is 0 Å². The third-order valence-corrected chi connectivity index (χ3v) is 7.82. The van der Waals surface area contributed by atoms with Gasteiger partial charge in [0.1, 0.15) is 17.8 Å². The largest absolute Gasteiger partial charge is 0.390 e. The van der Waals surface area contributed by atoms with E-state index in [0.717, 1.165) is 0 Å². The van der Waals surface area contributed by atoms with E-state index in [9.17, 15) is 24.9 Å². The summed E-state index contributed by atoms with van der Waals surface area (Å²) in [5.74, 6) is -2.42. The summed E-state index contributed by atoms with van der Waals surface area (Å²) in [7, 11) is 0. The fourth-order valence-electron chi connectivity index (χ4n) is 5.97. The van der Waals surface area contributed by atoms with Crippen molar-refractivity contribution in [3.63, 3.8) is 0 Å². The highest BCUT2D eigenvalue weighted by Gasteiger charge is 2.59. The average molecular weight is 478 g/mol. The van der Waals surface area contributed by atoms with Crippen molar-refractivity contribution in [2.75, 3.05) is 19.8 Å². The van der Waals surface area contributed by atoms with Gasteiger partial charge in [-0.25, -0.2) is 4.68 Å². The van der Waals surface area contributed by atoms with Crippen LogP contribution in [0.25, 0.3) is 0 Å². The molecule has 3 heterocycles. The Kier molecular flexibility index (Phi) is 6.17. The van der Waals surface area contributed by atoms with Gasteiger partial charge in [-0.05, 0) is 26.7 Å². The van der Waals surface area contributed by atoms with Crippen LogP contribution >= 0.6 is 0 Å². The third-order valence-electron chi connectivity index (χ3n) is 7.82. The number of amides is 2. The van der Waals surface area contributed by atoms with Gasteiger partial charge in [0, 0.05) is 24.8 Å². The molecule has 2 saturated heterocycles. The summed E-state index contributed by atoms with van der Waals surface area (Å²) in [4.78, 5) is 32.6. The predicted octanol–water partition coefficient (Wildman–Crippen LogP) is -0.583. The van der Waals surface area contributed by atoms with Crippen LogP contribution in [0.3, 0.4) is 0 Å². The van der Waals surface area contributed by atoms with Crippen LogP contribution in [0.2, 0.25) is 0 Å². The zero-order valence-corrected chi connectivity index (χ0v) is 19.2. The van der Waals surface area contributed by atoms with Gasteiger partial charge in [-0.15, -0.1) is 5.10 Å². The molecule has 0 unspecified atom stereocenters. The van der Waals surface area contributed by atoms with E-state index in [1.807, 2.05) is 0 Å². The Balaban J connectivity index is 1.33. The number of aliphatic hydroxyl groups is 3. The highest BCUT2D eigenvalue weighted by atomic mass is 16.6. The molecule has 1 aromatic heterocycles. The van der Waals surface area contributed by atoms with Gasteiger partial charge in [0.2, 0.25) is 11.8 Å². The molecule has 4 aliphatic rings. The van der Waals surface area contributed by atoms with Crippen molar-refractivity contribution in [2.24, 2.45) is 28.8 Å². The lowest BCUT2D eigenvalue weighted by Crippen LogP contribution is -2.54. The second-order valence-corrected chi connectivity index (χ2v) is 9.70. The fraction of sp³-hybridized carbons (Fsp3) is 0.773. The lowest BCUT2D eigenvalue weighted by molar-refractivity contribution is -0.141. The zero-order chi connectivity index (χ0) is 24.1. The summed E-state index contributed by atoms with van der Waals surface area (Å²) in [6.45, 7) is 4.43. The predicted molar refractivity (Wildman–Crippen MR) is 115 cm³/mol. The molecule has 3 N–H and O–H groups in total. The van der Waals surface area contributed by atoms with Gasteiger partial charge in [0.05, 0.1) is 49.2 Å². The number of aromatic nitrogens is 3. The zero-order valence-electron chi connectivity index (χ0n) is 19.2. The molecular formula is C22H31N5O7. The van der Waals surface area contributed by atoms with Crippen molar-refractivity contribution in [3.05, 3.63) is 11.9 Å². The van der Waals surface area contributed by atoms with Crippen molar-refractivity contribution in [2.45, 2.75) is 63.6 Å². The van der Waals surface area contributed by atoms with E-state index in [1.54, 1.807) is 24.7 Å². The molecule has 2 aliphatic heterocycles. The summed E-state index contributed by atoms with van der Waals surface area (Å²) in [5, 5.41) is 43.9. The number of fused-ring (bicyclic) bond motifs is 3. The minimum Gasteiger partial charge on any atom is -0.390 e. The number of carbonyl (C=O) groups excluding carboxylic acids is 2. The van der Waals surface area contributed by atoms with Gasteiger partial charge in [0.25, 0.3) is 0 Å². The van der Waals surface area contributed by atoms with Crippen LogP contribution in [-0.2, 0) is 19.2 Å². The fourth-order valence-corrected chi connectivity index (χ4v) is 5.97. The Hall–Kier alpha value is -2.41. The topological polar surface area (TPSA) is 160 Å². The molecule has 0 radical (unpaired) electrons. The molecular weight excluding hydrogens is 446 g/mol. The number of ether oxygens (including phenoxy) is 1. The summed E-state index contributed by atoms with van der Waals surface area (Å²) < 4.78 is 6.82. The van der Waals surface area contributed by atoms with Crippen molar-refractivity contribution in [1.29, 1.82) is 0 Å². The first-order valence-electron chi connectivity index (χ1n) is 11.9. The highest BCUT2D eigenvalue weighted by molar-refractivity contribution is 6.06. The van der Waals surface area contributed by atoms with E-state index < -0.39 is 42.2 Å². The smallest absolute Gasteiger partial charge is 0.233 e. The Labute approximate surface area is 196 Å². The molecule has 34 heavy (non-hydrogen) atoms. The van der Waals surface area contributed by atoms with Gasteiger partial charge in [-0.2, -0.15) is 0 Å². The van der Waals surface area contributed by atoms with E-state index in [-0.39, 0.29) is 36.8 Å². The van der Waals surface area contributed by atoms with Gasteiger partial charge in [-0.1, -0.05) is 10.4 Å². The van der Waals surface area contributed by atoms with Crippen LogP contribution in [-0.4, -0.2) is 90.8 Å². The van der Waals surface area contributed by atoms with Gasteiger partial charge < -0.3 is 24.9 Å². The van der Waals surface area contributed by atoms with Gasteiger partial charge >= 0.3 is 0 Å². The molecule has 4 fully saturated rings. The molecule has 2 amide bonds. The average Bonchev–Trinajstić information content (AvgIpc) is 3.53. The van der Waals surface area contributed by atoms with E-state index in [4.69, 9.17) is 9.57 Å². The maximum Gasteiger partial charge on any atom is 0.233 e. The molecule has 0 aromatic carbocycles. The monoisotopic (exact) mass is 477 g/mol. The van der Waals surface area contributed by atoms with Crippen molar-refractivity contribution in [3.8, 4) is 0 Å². The van der Waals surface area contributed by atoms with Crippen LogP contribution < -0.4 is 0 Å². The Morgan fingerprint density at radius 2 is 1.94 bits per heavy atom. The molecule has 0 bridgehead atoms. The number of oxime groups is 1. The van der Waals surface area contributed by atoms with Crippen molar-refractivity contribution < 1.29 is 34.5 Å². The van der Waals surface area contributed by atoms with Gasteiger partial charge in [0.15, 0.2) is 6.10 Å². The highest BCUT2D eigenvalue weighted by Crippen LogP contribution is 2.49. The number of carbonyl (C=O) groups is 2. The minimum absolute atomic E-state index is 0.129. The van der Waals surface area contributed by atoms with Crippen molar-refractivity contribution >= 4 is 17.5 Å². The SMILES string of the molecule is CCN1C(=O)[C@H]2[C@H]3[C@H](O)[C@H](O)C/C(=N\O[C@H](C)c4cn([C@@H]5COC[C@H]5O)nn4)[C@@H]3CC[C@H]2C1=O. The summed E-state index contributed by atoms with van der Waals surface area (Å²) in [6.07, 6.45) is -0.480. The number of rotatable bonds is 5. The summed E-state index contributed by atoms with van der Waals surface area (Å²) in [5.41, 5.74) is 1.10. The number of likely N-dealkylation sites (tertiary alicyclic amines) is 1. The van der Waals surface area contributed by atoms with E-state index in [2.05, 4.69) is 15.5 Å². The number of hydrogen-bond acceptors (Lipinski definition) is 10. The minimum atomic E-state index is -1.11. The molecule has 12 heteroatoms. The van der Waals surface area contributed by atoms with E-state index in [0.29, 0.717) is 37.4 Å². The summed E-state index contributed by atoms with van der Waals surface area (Å²) in [6, 6.07) is -0.306. The lowest BCUT2D eigenvalue weighted by atomic mass is 9.60. The molecule has 12 nitrogen and oxygen atoms in total. The van der Waals surface area contributed by atoms with Crippen LogP contribution in [0.15, 0.2) is 11.4 Å². The molecule has 5 rings (SSSR count). The third kappa shape index (κ3) is 3.72. The maximum absolute atomic E-state index is 13.0. The van der Waals surface area contributed by atoms with Crippen molar-refractivity contribution in [1.82, 2.24) is 19.9 Å². The number of nitrogens with zero attached hydrogens (tertiary/aromatic N) is 5. The number of aliphatic hydroxyl groups excluding tert-OH is 3. The first-order chi connectivity index (χ1) is 16.3. The standard InChI is InChI=1S/C22H31N5O7/c1-3-26-21(31)12-5-4-11-13(6-16(28)20(30)18(11)19(12)22(26)32)24-34-10(2)14-7-27(25-23-14)15-8-33-9-17(15)29/h7,10-12,15-20,28-30H,3-6,8-9H2,1-2H3/b24-13+/t10-,11+,12-,15-,16-,17-,18+,19-,20-/m1/s1. The first-order valence-corrected chi connectivity index (χ1v) is 11.9. The number of hydrogen-bond donors (Lipinski definition) is 3. The first kappa shape index (κ1) is 23.3. The number of imide groups is 1. The second-order valence-electron chi connectivity index (χ2n) is 9.70. The normalized spacial score (nSPS) is 39.9. The molecule has 2 saturated carbocycles. The maximum atomic E-state index is 13.0. The Morgan fingerprint density at radius 1 is 1.18 bits per heavy atom. The second kappa shape index (κ2) is 8.99. The van der Waals surface area contributed by atoms with Gasteiger partial charge in [-0.3, -0.25) is 14.5 Å². The Morgan fingerprint density at radius 3 is 2.65 bits per heavy atom. The Bertz CT molecular complexity index is 983. The lowest BCUT2D eigenvalue weighted by Gasteiger charge is -2.45. The molecule has 0 spiro atoms. The molecule has 9 atom stereocenters. The molecule has 1 aromatic rings. The van der Waals surface area contributed by atoms with Crippen LogP contribution in [0.4, 0.5) is 0 Å². The van der Waals surface area contributed by atoms with Crippen LogP contribution in [0.5, 0.6) is 0 Å². The molecule has 2 aliphatic carbocycles.